The van der Waals surface area contributed by atoms with Crippen molar-refractivity contribution in [1.82, 2.24) is 9.97 Å². The van der Waals surface area contributed by atoms with Crippen LogP contribution >= 0.6 is 0 Å². The molecule has 0 saturated carbocycles. The summed E-state index contributed by atoms with van der Waals surface area (Å²) in [5.74, 6) is 1.66. The number of phenolic OH excluding ortho intramolecular Hbond substituents is 1. The monoisotopic (exact) mass is 557 g/mol. The van der Waals surface area contributed by atoms with Crippen LogP contribution in [0, 0.1) is 0 Å². The molecule has 6 aromatic rings. The number of furan rings is 1. The van der Waals surface area contributed by atoms with Crippen LogP contribution in [0.2, 0.25) is 0 Å². The third-order valence-electron chi connectivity index (χ3n) is 6.63. The molecule has 0 fully saturated rings. The van der Waals surface area contributed by atoms with Crippen molar-refractivity contribution in [2.75, 3.05) is 29.5 Å². The SMILES string of the molecule is CNc1ccc(CCNc2ncnc3oc(-c4ccccc4)c(-c4ccc(O)cc4)c23)cc1.O=CNc1ccccc1. The van der Waals surface area contributed by atoms with Gasteiger partial charge in [0, 0.05) is 36.1 Å². The molecule has 4 N–H and O–H groups in total. The highest BCUT2D eigenvalue weighted by atomic mass is 16.3. The topological polar surface area (TPSA) is 112 Å². The summed E-state index contributed by atoms with van der Waals surface area (Å²) in [5, 5.41) is 19.8. The lowest BCUT2D eigenvalue weighted by Crippen LogP contribution is -2.07. The molecule has 0 unspecified atom stereocenters. The van der Waals surface area contributed by atoms with Gasteiger partial charge in [-0.05, 0) is 53.9 Å². The van der Waals surface area contributed by atoms with Gasteiger partial charge in [-0.25, -0.2) is 9.97 Å². The van der Waals surface area contributed by atoms with Crippen molar-refractivity contribution in [1.29, 1.82) is 0 Å². The number of fused-ring (bicyclic) bond motifs is 1. The molecule has 0 radical (unpaired) electrons. The maximum atomic E-state index is 9.86. The van der Waals surface area contributed by atoms with Crippen LogP contribution in [0.4, 0.5) is 17.2 Å². The molecule has 0 aliphatic rings. The predicted octanol–water partition coefficient (Wildman–Crippen LogP) is 7.21. The van der Waals surface area contributed by atoms with Crippen molar-refractivity contribution < 1.29 is 14.3 Å². The number of aromatic nitrogens is 2. The highest BCUT2D eigenvalue weighted by molar-refractivity contribution is 6.05. The minimum atomic E-state index is 0.215. The highest BCUT2D eigenvalue weighted by Crippen LogP contribution is 2.42. The Balaban J connectivity index is 0.000000336. The summed E-state index contributed by atoms with van der Waals surface area (Å²) in [4.78, 5) is 18.8. The number of para-hydroxylation sites is 1. The van der Waals surface area contributed by atoms with Crippen molar-refractivity contribution in [3.05, 3.63) is 121 Å². The molecule has 6 rings (SSSR count). The standard InChI is InChI=1S/C27H24N4O2.C7H7NO/c1-28-21-11-7-18(8-12-21)15-16-29-26-24-23(19-9-13-22(32)14-10-19)25(20-5-3-2-4-6-20)33-27(24)31-17-30-26;9-6-8-7-4-2-1-3-5-7/h2-14,17,28,32H,15-16H2,1H3,(H,29,30,31);1-6H,(H,8,9). The molecule has 0 aliphatic carbocycles. The number of amides is 1. The number of aromatic hydroxyl groups is 1. The fraction of sp³-hybridized carbons (Fsp3) is 0.0882. The molecular formula is C34H31N5O3. The Labute approximate surface area is 244 Å². The molecule has 0 aliphatic heterocycles. The lowest BCUT2D eigenvalue weighted by molar-refractivity contribution is -0.105. The molecule has 4 aromatic carbocycles. The average molecular weight is 558 g/mol. The molecule has 2 heterocycles. The summed E-state index contributed by atoms with van der Waals surface area (Å²) in [6, 6.07) is 34.7. The molecule has 0 spiro atoms. The van der Waals surface area contributed by atoms with Crippen molar-refractivity contribution in [2.45, 2.75) is 6.42 Å². The summed E-state index contributed by atoms with van der Waals surface area (Å²) in [5.41, 5.74) is 6.45. The summed E-state index contributed by atoms with van der Waals surface area (Å²) in [6.07, 6.45) is 3.04. The first-order valence-corrected chi connectivity index (χ1v) is 13.5. The molecule has 42 heavy (non-hydrogen) atoms. The van der Waals surface area contributed by atoms with Gasteiger partial charge in [0.05, 0.1) is 5.39 Å². The number of benzene rings is 4. The van der Waals surface area contributed by atoms with Gasteiger partial charge in [-0.3, -0.25) is 4.79 Å². The number of nitrogens with zero attached hydrogens (tertiary/aromatic N) is 2. The van der Waals surface area contributed by atoms with E-state index in [9.17, 15) is 9.90 Å². The van der Waals surface area contributed by atoms with Crippen molar-refractivity contribution in [3.8, 4) is 28.2 Å². The maximum absolute atomic E-state index is 9.86. The van der Waals surface area contributed by atoms with Gasteiger partial charge in [0.2, 0.25) is 12.1 Å². The lowest BCUT2D eigenvalue weighted by atomic mass is 9.99. The van der Waals surface area contributed by atoms with Crippen LogP contribution in [0.25, 0.3) is 33.6 Å². The van der Waals surface area contributed by atoms with Crippen molar-refractivity contribution >= 4 is 34.7 Å². The van der Waals surface area contributed by atoms with Gasteiger partial charge in [-0.15, -0.1) is 0 Å². The van der Waals surface area contributed by atoms with Crippen LogP contribution in [0.15, 0.2) is 120 Å². The fourth-order valence-electron chi connectivity index (χ4n) is 4.53. The Morgan fingerprint density at radius 1 is 0.786 bits per heavy atom. The van der Waals surface area contributed by atoms with E-state index in [1.165, 1.54) is 11.9 Å². The number of rotatable bonds is 9. The van der Waals surface area contributed by atoms with E-state index < -0.39 is 0 Å². The number of nitrogens with one attached hydrogen (secondary N) is 3. The Bertz CT molecular complexity index is 1720. The van der Waals surface area contributed by atoms with Gasteiger partial charge >= 0.3 is 0 Å². The van der Waals surface area contributed by atoms with Gasteiger partial charge in [-0.1, -0.05) is 72.8 Å². The van der Waals surface area contributed by atoms with Crippen molar-refractivity contribution in [2.24, 2.45) is 0 Å². The molecule has 8 heteroatoms. The van der Waals surface area contributed by atoms with Crippen LogP contribution in [0.3, 0.4) is 0 Å². The molecule has 210 valence electrons. The molecule has 0 bridgehead atoms. The number of carbonyl (C=O) groups is 1. The Morgan fingerprint density at radius 3 is 2.14 bits per heavy atom. The van der Waals surface area contributed by atoms with E-state index >= 15 is 0 Å². The third-order valence-corrected chi connectivity index (χ3v) is 6.63. The average Bonchev–Trinajstić information content (AvgIpc) is 3.44. The molecule has 1 amide bonds. The van der Waals surface area contributed by atoms with E-state index in [1.54, 1.807) is 12.1 Å². The van der Waals surface area contributed by atoms with E-state index in [1.807, 2.05) is 79.8 Å². The zero-order valence-corrected chi connectivity index (χ0v) is 23.1. The number of carbonyl (C=O) groups excluding carboxylic acids is 1. The predicted molar refractivity (Wildman–Crippen MR) is 169 cm³/mol. The van der Waals surface area contributed by atoms with E-state index in [2.05, 4.69) is 50.2 Å². The van der Waals surface area contributed by atoms with E-state index in [4.69, 9.17) is 4.42 Å². The first-order valence-electron chi connectivity index (χ1n) is 13.5. The summed E-state index contributed by atoms with van der Waals surface area (Å²) >= 11 is 0. The second-order valence-corrected chi connectivity index (χ2v) is 9.37. The lowest BCUT2D eigenvalue weighted by Gasteiger charge is -2.09. The zero-order chi connectivity index (χ0) is 29.1. The number of hydrogen-bond donors (Lipinski definition) is 4. The first-order chi connectivity index (χ1) is 20.7. The van der Waals surface area contributed by atoms with Gasteiger partial charge in [0.15, 0.2) is 0 Å². The Morgan fingerprint density at radius 2 is 1.48 bits per heavy atom. The molecular weight excluding hydrogens is 526 g/mol. The number of hydrogen-bond acceptors (Lipinski definition) is 7. The molecule has 0 saturated heterocycles. The Kier molecular flexibility index (Phi) is 9.06. The largest absolute Gasteiger partial charge is 0.508 e. The van der Waals surface area contributed by atoms with Gasteiger partial charge in [-0.2, -0.15) is 0 Å². The molecule has 2 aromatic heterocycles. The van der Waals surface area contributed by atoms with Gasteiger partial charge in [0.25, 0.3) is 0 Å². The van der Waals surface area contributed by atoms with Crippen LogP contribution in [0.1, 0.15) is 5.56 Å². The minimum Gasteiger partial charge on any atom is -0.508 e. The van der Waals surface area contributed by atoms with Gasteiger partial charge in [0.1, 0.15) is 23.7 Å². The smallest absolute Gasteiger partial charge is 0.232 e. The fourth-order valence-corrected chi connectivity index (χ4v) is 4.53. The summed E-state index contributed by atoms with van der Waals surface area (Å²) in [7, 11) is 1.91. The second-order valence-electron chi connectivity index (χ2n) is 9.37. The number of anilines is 3. The third kappa shape index (κ3) is 6.74. The highest BCUT2D eigenvalue weighted by Gasteiger charge is 2.22. The first kappa shape index (κ1) is 27.9. The van der Waals surface area contributed by atoms with E-state index in [0.29, 0.717) is 18.7 Å². The van der Waals surface area contributed by atoms with Crippen LogP contribution in [-0.2, 0) is 11.2 Å². The zero-order valence-electron chi connectivity index (χ0n) is 23.1. The van der Waals surface area contributed by atoms with Crippen LogP contribution in [0.5, 0.6) is 5.75 Å². The quantitative estimate of drug-likeness (QED) is 0.139. The normalized spacial score (nSPS) is 10.4. The van der Waals surface area contributed by atoms with Crippen LogP contribution < -0.4 is 16.0 Å². The van der Waals surface area contributed by atoms with E-state index in [-0.39, 0.29) is 5.75 Å². The molecule has 8 nitrogen and oxygen atoms in total. The van der Waals surface area contributed by atoms with Gasteiger partial charge < -0.3 is 25.5 Å². The van der Waals surface area contributed by atoms with Crippen molar-refractivity contribution in [3.63, 3.8) is 0 Å². The summed E-state index contributed by atoms with van der Waals surface area (Å²) in [6.45, 7) is 0.714. The van der Waals surface area contributed by atoms with Crippen LogP contribution in [-0.4, -0.2) is 35.1 Å². The summed E-state index contributed by atoms with van der Waals surface area (Å²) < 4.78 is 6.24. The second kappa shape index (κ2) is 13.6. The Hall–Kier alpha value is -5.63. The molecule has 0 atom stereocenters. The maximum Gasteiger partial charge on any atom is 0.232 e. The number of phenols is 1. The van der Waals surface area contributed by atoms with E-state index in [0.717, 1.165) is 51.5 Å². The minimum absolute atomic E-state index is 0.215.